The molecule has 20 heteroatoms. The lowest BCUT2D eigenvalue weighted by Gasteiger charge is -2.21. The minimum absolute atomic E-state index is 0.00475. The van der Waals surface area contributed by atoms with Gasteiger partial charge >= 0.3 is 12.2 Å². The van der Waals surface area contributed by atoms with Crippen LogP contribution in [-0.4, -0.2) is 79.3 Å². The highest BCUT2D eigenvalue weighted by Crippen LogP contribution is 2.31. The summed E-state index contributed by atoms with van der Waals surface area (Å²) in [7, 11) is 0. The van der Waals surface area contributed by atoms with Gasteiger partial charge in [0.15, 0.2) is 23.3 Å². The third kappa shape index (κ3) is 15.4. The van der Waals surface area contributed by atoms with Crippen LogP contribution in [0.4, 0.5) is 41.6 Å². The summed E-state index contributed by atoms with van der Waals surface area (Å²) < 4.78 is 29.1. The maximum atomic E-state index is 14.6. The second kappa shape index (κ2) is 22.3. The number of hydrogen-bond acceptors (Lipinski definition) is 12. The number of halogens is 2. The smallest absolute Gasteiger partial charge is 0.404 e. The summed E-state index contributed by atoms with van der Waals surface area (Å²) in [5.74, 6) is -2.02. The summed E-state index contributed by atoms with van der Waals surface area (Å²) in [6, 6.07) is -0.0479. The Balaban J connectivity index is 0.000000300. The Hall–Kier alpha value is -5.30. The number of rotatable bonds is 18. The van der Waals surface area contributed by atoms with Crippen LogP contribution in [0.25, 0.3) is 0 Å². The number of aromatic nitrogens is 4. The van der Waals surface area contributed by atoms with E-state index in [0.29, 0.717) is 36.3 Å². The molecule has 4 amide bonds. The van der Waals surface area contributed by atoms with Crippen molar-refractivity contribution in [1.82, 2.24) is 41.4 Å². The zero-order valence-electron chi connectivity index (χ0n) is 33.0. The van der Waals surface area contributed by atoms with Gasteiger partial charge in [0.05, 0.1) is 11.8 Å². The first-order valence-electron chi connectivity index (χ1n) is 19.2. The SMILES string of the molecule is Cc1nc(NNC(=O)[C@@H](CNC(=O)O)CC2CCCC2)c(F)c(NC(C)C)n1.Cc1nc(NNC(=O)[C@@H](CNC(=O)O)CC2CCCC2)c(F)c(NC(C)C)n1. The highest BCUT2D eigenvalue weighted by Gasteiger charge is 2.28. The molecule has 0 saturated heterocycles. The van der Waals surface area contributed by atoms with Crippen molar-refractivity contribution in [2.45, 2.75) is 118 Å². The Kier molecular flexibility index (Phi) is 18.0. The third-order valence-electron chi connectivity index (χ3n) is 9.31. The van der Waals surface area contributed by atoms with Crippen LogP contribution in [0.15, 0.2) is 0 Å². The van der Waals surface area contributed by atoms with Crippen LogP contribution >= 0.6 is 0 Å². The molecule has 2 aromatic rings. The van der Waals surface area contributed by atoms with Crippen LogP contribution in [0.1, 0.15) is 104 Å². The molecular formula is C36H58F2N12O6. The number of carboxylic acid groups (broad SMARTS) is 2. The van der Waals surface area contributed by atoms with Crippen molar-refractivity contribution in [3.63, 3.8) is 0 Å². The fourth-order valence-corrected chi connectivity index (χ4v) is 6.75. The summed E-state index contributed by atoms with van der Waals surface area (Å²) in [5.41, 5.74) is 9.97. The summed E-state index contributed by atoms with van der Waals surface area (Å²) in [5, 5.41) is 28.0. The van der Waals surface area contributed by atoms with Gasteiger partial charge < -0.3 is 31.5 Å². The highest BCUT2D eigenvalue weighted by atomic mass is 19.1. The topological polar surface area (TPSA) is 257 Å². The van der Waals surface area contributed by atoms with Gasteiger partial charge in [-0.1, -0.05) is 51.4 Å². The lowest BCUT2D eigenvalue weighted by atomic mass is 9.92. The second-order valence-electron chi connectivity index (χ2n) is 14.9. The van der Waals surface area contributed by atoms with E-state index in [0.717, 1.165) is 51.4 Å². The molecule has 0 spiro atoms. The van der Waals surface area contributed by atoms with Gasteiger partial charge in [-0.25, -0.2) is 29.5 Å². The number of aryl methyl sites for hydroxylation is 2. The molecule has 2 fully saturated rings. The maximum absolute atomic E-state index is 14.6. The van der Waals surface area contributed by atoms with Crippen molar-refractivity contribution >= 4 is 47.3 Å². The zero-order valence-corrected chi connectivity index (χ0v) is 33.0. The van der Waals surface area contributed by atoms with E-state index in [1.54, 1.807) is 13.8 Å². The molecule has 2 aromatic heterocycles. The number of anilines is 4. The lowest BCUT2D eigenvalue weighted by Crippen LogP contribution is -2.42. The van der Waals surface area contributed by atoms with E-state index in [1.807, 2.05) is 27.7 Å². The van der Waals surface area contributed by atoms with Gasteiger partial charge in [0.2, 0.25) is 23.4 Å². The van der Waals surface area contributed by atoms with E-state index < -0.39 is 47.5 Å². The predicted octanol–water partition coefficient (Wildman–Crippen LogP) is 5.30. The molecule has 4 rings (SSSR count). The molecule has 56 heavy (non-hydrogen) atoms. The van der Waals surface area contributed by atoms with Crippen molar-refractivity contribution in [3.05, 3.63) is 23.3 Å². The van der Waals surface area contributed by atoms with E-state index >= 15 is 0 Å². The normalized spacial score (nSPS) is 15.3. The number of nitrogens with zero attached hydrogens (tertiary/aromatic N) is 4. The van der Waals surface area contributed by atoms with Crippen molar-refractivity contribution in [3.8, 4) is 0 Å². The molecular weight excluding hydrogens is 734 g/mol. The van der Waals surface area contributed by atoms with Crippen LogP contribution in [-0.2, 0) is 9.59 Å². The molecule has 2 saturated carbocycles. The average molecular weight is 793 g/mol. The van der Waals surface area contributed by atoms with E-state index in [2.05, 4.69) is 62.9 Å². The molecule has 2 aliphatic rings. The van der Waals surface area contributed by atoms with Gasteiger partial charge in [0.25, 0.3) is 0 Å². The van der Waals surface area contributed by atoms with Gasteiger partial charge in [-0.05, 0) is 66.2 Å². The second-order valence-corrected chi connectivity index (χ2v) is 14.9. The predicted molar refractivity (Wildman–Crippen MR) is 207 cm³/mol. The standard InChI is InChI=1S/2C18H29FN6O3/c2*1-10(2)21-15-14(19)16(23-11(3)22-15)24-25-17(26)13(9-20-18(27)28)8-12-6-4-5-7-12/h2*10,12-13,20H,4-9H2,1-3H3,(H,25,26)(H,27,28)(H2,21,22,23,24)/t2*13-/m11/s1. The van der Waals surface area contributed by atoms with Crippen LogP contribution in [0, 0.1) is 49.2 Å². The molecule has 312 valence electrons. The van der Waals surface area contributed by atoms with Crippen molar-refractivity contribution in [1.29, 1.82) is 0 Å². The van der Waals surface area contributed by atoms with Crippen molar-refractivity contribution in [2.24, 2.45) is 23.7 Å². The summed E-state index contributed by atoms with van der Waals surface area (Å²) in [4.78, 5) is 62.8. The van der Waals surface area contributed by atoms with Gasteiger partial charge in [0.1, 0.15) is 11.6 Å². The number of amides is 4. The minimum Gasteiger partial charge on any atom is -0.465 e. The van der Waals surface area contributed by atoms with Crippen LogP contribution in [0.5, 0.6) is 0 Å². The number of hydrazine groups is 2. The number of carbonyl (C=O) groups excluding carboxylic acids is 2. The lowest BCUT2D eigenvalue weighted by molar-refractivity contribution is -0.125. The van der Waals surface area contributed by atoms with Crippen LogP contribution in [0.3, 0.4) is 0 Å². The monoisotopic (exact) mass is 792 g/mol. The highest BCUT2D eigenvalue weighted by molar-refractivity contribution is 5.81. The fraction of sp³-hybridized carbons (Fsp3) is 0.667. The Morgan fingerprint density at radius 2 is 0.929 bits per heavy atom. The van der Waals surface area contributed by atoms with Crippen molar-refractivity contribution < 1.29 is 38.2 Å². The summed E-state index contributed by atoms with van der Waals surface area (Å²) in [6.07, 6.45) is 7.45. The van der Waals surface area contributed by atoms with Crippen LogP contribution < -0.4 is 43.0 Å². The van der Waals surface area contributed by atoms with Crippen molar-refractivity contribution in [2.75, 3.05) is 34.6 Å². The molecule has 0 aliphatic heterocycles. The van der Waals surface area contributed by atoms with E-state index in [4.69, 9.17) is 10.2 Å². The van der Waals surface area contributed by atoms with E-state index in [-0.39, 0.29) is 48.4 Å². The molecule has 2 atom stereocenters. The molecule has 10 N–H and O–H groups in total. The molecule has 2 aliphatic carbocycles. The molecule has 0 bridgehead atoms. The summed E-state index contributed by atoms with van der Waals surface area (Å²) in [6.45, 7) is 10.7. The van der Waals surface area contributed by atoms with Gasteiger partial charge in [-0.3, -0.25) is 31.3 Å². The Morgan fingerprint density at radius 1 is 0.607 bits per heavy atom. The first-order valence-corrected chi connectivity index (χ1v) is 19.2. The maximum Gasteiger partial charge on any atom is 0.404 e. The fourth-order valence-electron chi connectivity index (χ4n) is 6.75. The Bertz CT molecular complexity index is 1510. The number of hydrogen-bond donors (Lipinski definition) is 10. The molecule has 0 aromatic carbocycles. The minimum atomic E-state index is -1.18. The molecule has 18 nitrogen and oxygen atoms in total. The quantitative estimate of drug-likeness (QED) is 0.0860. The van der Waals surface area contributed by atoms with E-state index in [1.165, 1.54) is 0 Å². The Labute approximate surface area is 325 Å². The molecule has 0 radical (unpaired) electrons. The molecule has 2 heterocycles. The van der Waals surface area contributed by atoms with Gasteiger partial charge in [-0.15, -0.1) is 0 Å². The zero-order chi connectivity index (χ0) is 41.4. The molecule has 0 unspecified atom stereocenters. The van der Waals surface area contributed by atoms with Gasteiger partial charge in [-0.2, -0.15) is 8.78 Å². The number of nitrogens with one attached hydrogen (secondary N) is 8. The first-order chi connectivity index (χ1) is 26.5. The number of carbonyl (C=O) groups is 4. The average Bonchev–Trinajstić information content (AvgIpc) is 3.84. The first kappa shape index (κ1) is 45.1. The Morgan fingerprint density at radius 3 is 1.23 bits per heavy atom. The third-order valence-corrected chi connectivity index (χ3v) is 9.31. The van der Waals surface area contributed by atoms with Crippen LogP contribution in [0.2, 0.25) is 0 Å². The van der Waals surface area contributed by atoms with E-state index in [9.17, 15) is 28.0 Å². The summed E-state index contributed by atoms with van der Waals surface area (Å²) >= 11 is 0. The van der Waals surface area contributed by atoms with Gasteiger partial charge in [0, 0.05) is 25.2 Å². The largest absolute Gasteiger partial charge is 0.465 e.